The number of aliphatic carboxylic acids is 1. The first-order chi connectivity index (χ1) is 6.97. The highest BCUT2D eigenvalue weighted by Crippen LogP contribution is 1.89. The Labute approximate surface area is 88.7 Å². The van der Waals surface area contributed by atoms with E-state index < -0.39 is 12.0 Å². The molecule has 0 aromatic rings. The molecule has 0 fully saturated rings. The molecule has 0 saturated heterocycles. The van der Waals surface area contributed by atoms with Crippen LogP contribution in [0.25, 0.3) is 0 Å². The Bertz CT molecular complexity index is 220. The maximum atomic E-state index is 10.7. The number of nitrogens with one attached hydrogen (secondary N) is 2. The van der Waals surface area contributed by atoms with Crippen molar-refractivity contribution in [1.82, 2.24) is 10.6 Å². The summed E-state index contributed by atoms with van der Waals surface area (Å²) in [5.74, 6) is -1.38. The lowest BCUT2D eigenvalue weighted by Crippen LogP contribution is -2.47. The van der Waals surface area contributed by atoms with E-state index in [9.17, 15) is 9.59 Å². The third kappa shape index (κ3) is 6.87. The Balaban J connectivity index is 3.86. The summed E-state index contributed by atoms with van der Waals surface area (Å²) in [5, 5.41) is 22.6. The largest absolute Gasteiger partial charge is 0.480 e. The number of hydrogen-bond donors (Lipinski definition) is 4. The summed E-state index contributed by atoms with van der Waals surface area (Å²) < 4.78 is 0. The normalized spacial score (nSPS) is 14.3. The molecule has 0 aliphatic carbocycles. The lowest BCUT2D eigenvalue weighted by atomic mass is 10.2. The van der Waals surface area contributed by atoms with E-state index in [2.05, 4.69) is 10.6 Å². The predicted molar refractivity (Wildman–Crippen MR) is 54.4 cm³/mol. The quantitative estimate of drug-likeness (QED) is 0.430. The number of carbonyl (C=O) groups is 2. The lowest BCUT2D eigenvalue weighted by Gasteiger charge is -2.15. The van der Waals surface area contributed by atoms with E-state index in [1.807, 2.05) is 6.92 Å². The van der Waals surface area contributed by atoms with Gasteiger partial charge in [-0.3, -0.25) is 4.79 Å². The van der Waals surface area contributed by atoms with E-state index in [1.165, 1.54) is 6.92 Å². The minimum atomic E-state index is -1.07. The number of carboxylic acids is 1. The monoisotopic (exact) mass is 218 g/mol. The Hall–Kier alpha value is -1.14. The molecular formula is C9H18N2O4. The van der Waals surface area contributed by atoms with Crippen molar-refractivity contribution < 1.29 is 19.8 Å². The van der Waals surface area contributed by atoms with Crippen molar-refractivity contribution >= 4 is 11.9 Å². The van der Waals surface area contributed by atoms with Crippen molar-refractivity contribution in [2.75, 3.05) is 19.7 Å². The highest BCUT2D eigenvalue weighted by molar-refractivity contribution is 5.82. The molecule has 0 aromatic carbocycles. The fourth-order valence-corrected chi connectivity index (χ4v) is 0.984. The summed E-state index contributed by atoms with van der Waals surface area (Å²) >= 11 is 0. The zero-order valence-corrected chi connectivity index (χ0v) is 8.99. The van der Waals surface area contributed by atoms with Crippen LogP contribution in [-0.2, 0) is 9.59 Å². The van der Waals surface area contributed by atoms with Crippen LogP contribution in [0.15, 0.2) is 0 Å². The highest BCUT2D eigenvalue weighted by Gasteiger charge is 2.17. The number of hydrogen-bond acceptors (Lipinski definition) is 4. The van der Waals surface area contributed by atoms with Crippen LogP contribution in [0.1, 0.15) is 13.8 Å². The Morgan fingerprint density at radius 1 is 1.33 bits per heavy atom. The molecule has 1 amide bonds. The van der Waals surface area contributed by atoms with E-state index in [4.69, 9.17) is 10.2 Å². The molecule has 2 atom stereocenters. The summed E-state index contributed by atoms with van der Waals surface area (Å²) in [5.41, 5.74) is 0. The summed E-state index contributed by atoms with van der Waals surface area (Å²) in [7, 11) is 0. The molecule has 0 aromatic heterocycles. The number of carboxylic acid groups (broad SMARTS) is 1. The topological polar surface area (TPSA) is 98.7 Å². The first-order valence-electron chi connectivity index (χ1n) is 4.78. The minimum absolute atomic E-state index is 0.0465. The third-order valence-corrected chi connectivity index (χ3v) is 1.83. The molecule has 6 nitrogen and oxygen atoms in total. The molecule has 4 N–H and O–H groups in total. The van der Waals surface area contributed by atoms with E-state index in [-0.39, 0.29) is 25.0 Å². The smallest absolute Gasteiger partial charge is 0.327 e. The molecule has 0 rings (SSSR count). The number of aliphatic hydroxyl groups excluding tert-OH is 1. The van der Waals surface area contributed by atoms with Gasteiger partial charge in [0.15, 0.2) is 0 Å². The van der Waals surface area contributed by atoms with Crippen LogP contribution in [0.4, 0.5) is 0 Å². The molecule has 0 saturated carbocycles. The fraction of sp³-hybridized carbons (Fsp3) is 0.778. The molecule has 0 heterocycles. The van der Waals surface area contributed by atoms with Crippen LogP contribution in [0, 0.1) is 5.92 Å². The van der Waals surface area contributed by atoms with Gasteiger partial charge < -0.3 is 20.8 Å². The van der Waals surface area contributed by atoms with E-state index in [1.54, 1.807) is 0 Å². The third-order valence-electron chi connectivity index (χ3n) is 1.83. The number of carbonyl (C=O) groups excluding carboxylic acids is 1. The summed E-state index contributed by atoms with van der Waals surface area (Å²) in [4.78, 5) is 21.3. The molecule has 0 spiro atoms. The number of rotatable bonds is 7. The number of amides is 1. The van der Waals surface area contributed by atoms with Crippen LogP contribution in [0.5, 0.6) is 0 Å². The first kappa shape index (κ1) is 13.9. The lowest BCUT2D eigenvalue weighted by molar-refractivity contribution is -0.141. The second-order valence-electron chi connectivity index (χ2n) is 3.54. The molecule has 0 aliphatic heterocycles. The molecule has 6 heteroatoms. The second-order valence-corrected chi connectivity index (χ2v) is 3.54. The molecule has 88 valence electrons. The Morgan fingerprint density at radius 3 is 2.33 bits per heavy atom. The van der Waals surface area contributed by atoms with Gasteiger partial charge in [-0.05, 0) is 12.5 Å². The summed E-state index contributed by atoms with van der Waals surface area (Å²) in [6.07, 6.45) is 0. The fourth-order valence-electron chi connectivity index (χ4n) is 0.984. The second kappa shape index (κ2) is 7.19. The minimum Gasteiger partial charge on any atom is -0.480 e. The van der Waals surface area contributed by atoms with Gasteiger partial charge in [0, 0.05) is 20.1 Å². The van der Waals surface area contributed by atoms with E-state index in [0.717, 1.165) is 0 Å². The van der Waals surface area contributed by atoms with Gasteiger partial charge in [-0.2, -0.15) is 0 Å². The van der Waals surface area contributed by atoms with Gasteiger partial charge in [0.05, 0.1) is 0 Å². The summed E-state index contributed by atoms with van der Waals surface area (Å²) in [6.45, 7) is 3.82. The van der Waals surface area contributed by atoms with Crippen LogP contribution < -0.4 is 10.6 Å². The van der Waals surface area contributed by atoms with Gasteiger partial charge in [0.2, 0.25) is 5.91 Å². The molecule has 2 unspecified atom stereocenters. The van der Waals surface area contributed by atoms with Gasteiger partial charge in [-0.15, -0.1) is 0 Å². The zero-order chi connectivity index (χ0) is 11.8. The van der Waals surface area contributed by atoms with E-state index >= 15 is 0 Å². The summed E-state index contributed by atoms with van der Waals surface area (Å²) in [6, 6.07) is -0.923. The van der Waals surface area contributed by atoms with Crippen LogP contribution in [0.3, 0.4) is 0 Å². The maximum Gasteiger partial charge on any atom is 0.327 e. The van der Waals surface area contributed by atoms with Crippen LogP contribution >= 0.6 is 0 Å². The average Bonchev–Trinajstić information content (AvgIpc) is 2.15. The first-order valence-corrected chi connectivity index (χ1v) is 4.78. The highest BCUT2D eigenvalue weighted by atomic mass is 16.4. The van der Waals surface area contributed by atoms with Gasteiger partial charge in [0.1, 0.15) is 6.04 Å². The predicted octanol–water partition coefficient (Wildman–Crippen LogP) is -1.21. The molecule has 0 aliphatic rings. The molecular weight excluding hydrogens is 200 g/mol. The van der Waals surface area contributed by atoms with Crippen molar-refractivity contribution in [3.05, 3.63) is 0 Å². The van der Waals surface area contributed by atoms with Crippen LogP contribution in [0.2, 0.25) is 0 Å². The maximum absolute atomic E-state index is 10.7. The van der Waals surface area contributed by atoms with Crippen molar-refractivity contribution in [3.63, 3.8) is 0 Å². The molecule has 15 heavy (non-hydrogen) atoms. The Kier molecular flexibility index (Phi) is 6.64. The average molecular weight is 218 g/mol. The van der Waals surface area contributed by atoms with Crippen molar-refractivity contribution in [2.24, 2.45) is 5.92 Å². The Morgan fingerprint density at radius 2 is 1.93 bits per heavy atom. The number of aliphatic hydroxyl groups is 1. The van der Waals surface area contributed by atoms with Gasteiger partial charge in [0.25, 0.3) is 0 Å². The van der Waals surface area contributed by atoms with E-state index in [0.29, 0.717) is 6.54 Å². The molecule has 0 bridgehead atoms. The van der Waals surface area contributed by atoms with Crippen LogP contribution in [-0.4, -0.2) is 47.8 Å². The van der Waals surface area contributed by atoms with Gasteiger partial charge >= 0.3 is 5.97 Å². The molecule has 0 radical (unpaired) electrons. The standard InChI is InChI=1S/C9H18N2O4/c1-6(5-12)3-10-4-8(9(14)15)11-7(2)13/h6,8,10,12H,3-5H2,1-2H3,(H,11,13)(H,14,15). The SMILES string of the molecule is CC(=O)NC(CNCC(C)CO)C(=O)O. The van der Waals surface area contributed by atoms with Crippen molar-refractivity contribution in [2.45, 2.75) is 19.9 Å². The van der Waals surface area contributed by atoms with Gasteiger partial charge in [-0.1, -0.05) is 6.92 Å². The van der Waals surface area contributed by atoms with Gasteiger partial charge in [-0.25, -0.2) is 4.79 Å². The van der Waals surface area contributed by atoms with Crippen molar-refractivity contribution in [1.29, 1.82) is 0 Å². The van der Waals surface area contributed by atoms with Crippen molar-refractivity contribution in [3.8, 4) is 0 Å². The zero-order valence-electron chi connectivity index (χ0n) is 8.99.